The maximum atomic E-state index is 8.72. The van der Waals surface area contributed by atoms with Crippen LogP contribution in [0.15, 0.2) is 29.4 Å². The molecule has 4 nitrogen and oxygen atoms in total. The topological polar surface area (TPSA) is 61.9 Å². The van der Waals surface area contributed by atoms with E-state index in [9.17, 15) is 0 Å². The summed E-state index contributed by atoms with van der Waals surface area (Å²) < 4.78 is 0. The number of aryl methyl sites for hydroxylation is 1. The van der Waals surface area contributed by atoms with Gasteiger partial charge in [-0.05, 0) is 31.4 Å². The third-order valence-electron chi connectivity index (χ3n) is 3.16. The zero-order valence-electron chi connectivity index (χ0n) is 9.43. The van der Waals surface area contributed by atoms with E-state index in [1.807, 2.05) is 13.0 Å². The molecule has 0 bridgehead atoms. The van der Waals surface area contributed by atoms with Crippen molar-refractivity contribution < 1.29 is 5.21 Å². The smallest absolute Gasteiger partial charge is 0.161 e. The lowest BCUT2D eigenvalue weighted by Gasteiger charge is -2.35. The van der Waals surface area contributed by atoms with Crippen LogP contribution in [-0.4, -0.2) is 23.6 Å². The Morgan fingerprint density at radius 1 is 1.50 bits per heavy atom. The number of hydrogen-bond acceptors (Lipinski definition) is 3. The van der Waals surface area contributed by atoms with E-state index in [0.717, 1.165) is 19.4 Å². The van der Waals surface area contributed by atoms with Crippen LogP contribution in [0.3, 0.4) is 0 Å². The molecule has 0 fully saturated rings. The molecule has 86 valence electrons. The fraction of sp³-hybridized carbons (Fsp3) is 0.417. The molecule has 0 spiro atoms. The van der Waals surface area contributed by atoms with Crippen molar-refractivity contribution in [2.24, 2.45) is 10.9 Å². The van der Waals surface area contributed by atoms with Gasteiger partial charge in [0, 0.05) is 12.2 Å². The number of oxime groups is 1. The second-order valence-corrected chi connectivity index (χ2v) is 4.13. The van der Waals surface area contributed by atoms with Crippen LogP contribution in [0, 0.1) is 0 Å². The van der Waals surface area contributed by atoms with Crippen LogP contribution in [0.1, 0.15) is 18.9 Å². The fourth-order valence-corrected chi connectivity index (χ4v) is 2.21. The largest absolute Gasteiger partial charge is 0.409 e. The molecule has 0 saturated carbocycles. The SMILES string of the molecule is CC(C(N)=NO)N1CCCc2ccccc21. The molecule has 0 saturated heterocycles. The minimum Gasteiger partial charge on any atom is -0.409 e. The maximum absolute atomic E-state index is 8.72. The monoisotopic (exact) mass is 219 g/mol. The fourth-order valence-electron chi connectivity index (χ4n) is 2.21. The van der Waals surface area contributed by atoms with E-state index in [1.54, 1.807) is 0 Å². The van der Waals surface area contributed by atoms with Gasteiger partial charge in [0.05, 0.1) is 6.04 Å². The number of rotatable bonds is 2. The maximum Gasteiger partial charge on any atom is 0.161 e. The molecular weight excluding hydrogens is 202 g/mol. The lowest BCUT2D eigenvalue weighted by atomic mass is 10.00. The van der Waals surface area contributed by atoms with E-state index >= 15 is 0 Å². The van der Waals surface area contributed by atoms with Gasteiger partial charge in [-0.3, -0.25) is 0 Å². The minimum absolute atomic E-state index is 0.0635. The summed E-state index contributed by atoms with van der Waals surface area (Å²) in [7, 11) is 0. The Labute approximate surface area is 95.4 Å². The summed E-state index contributed by atoms with van der Waals surface area (Å²) in [5, 5.41) is 11.8. The average Bonchev–Trinajstić information content (AvgIpc) is 2.36. The van der Waals surface area contributed by atoms with Gasteiger partial charge in [0.2, 0.25) is 0 Å². The first-order valence-electron chi connectivity index (χ1n) is 5.56. The lowest BCUT2D eigenvalue weighted by molar-refractivity contribution is 0.316. The summed E-state index contributed by atoms with van der Waals surface area (Å²) in [5.41, 5.74) is 8.20. The molecule has 3 N–H and O–H groups in total. The van der Waals surface area contributed by atoms with Gasteiger partial charge in [0.1, 0.15) is 0 Å². The Balaban J connectivity index is 2.31. The van der Waals surface area contributed by atoms with E-state index < -0.39 is 0 Å². The van der Waals surface area contributed by atoms with Crippen LogP contribution in [0.2, 0.25) is 0 Å². The molecule has 1 aromatic carbocycles. The number of hydrogen-bond donors (Lipinski definition) is 2. The summed E-state index contributed by atoms with van der Waals surface area (Å²) >= 11 is 0. The number of amidine groups is 1. The van der Waals surface area contributed by atoms with Crippen molar-refractivity contribution in [1.82, 2.24) is 0 Å². The predicted octanol–water partition coefficient (Wildman–Crippen LogP) is 1.57. The van der Waals surface area contributed by atoms with Gasteiger partial charge in [-0.2, -0.15) is 0 Å². The number of benzene rings is 1. The highest BCUT2D eigenvalue weighted by molar-refractivity contribution is 5.88. The zero-order chi connectivity index (χ0) is 11.5. The standard InChI is InChI=1S/C12H17N3O/c1-9(12(13)14-16)15-8-4-6-10-5-2-3-7-11(10)15/h2-3,5,7,9,16H,4,6,8H2,1H3,(H2,13,14). The van der Waals surface area contributed by atoms with Gasteiger partial charge in [-0.1, -0.05) is 23.4 Å². The van der Waals surface area contributed by atoms with Gasteiger partial charge in [0.25, 0.3) is 0 Å². The highest BCUT2D eigenvalue weighted by atomic mass is 16.4. The van der Waals surface area contributed by atoms with Crippen molar-refractivity contribution in [3.8, 4) is 0 Å². The molecule has 1 heterocycles. The molecule has 1 unspecified atom stereocenters. The van der Waals surface area contributed by atoms with Crippen molar-refractivity contribution in [2.75, 3.05) is 11.4 Å². The third kappa shape index (κ3) is 1.83. The number of anilines is 1. The Morgan fingerprint density at radius 3 is 3.00 bits per heavy atom. The summed E-state index contributed by atoms with van der Waals surface area (Å²) in [5.74, 6) is 0.261. The van der Waals surface area contributed by atoms with Crippen LogP contribution in [0.25, 0.3) is 0 Å². The third-order valence-corrected chi connectivity index (χ3v) is 3.16. The first-order chi connectivity index (χ1) is 7.74. The molecule has 2 rings (SSSR count). The minimum atomic E-state index is -0.0635. The summed E-state index contributed by atoms with van der Waals surface area (Å²) in [6.07, 6.45) is 2.22. The summed E-state index contributed by atoms with van der Waals surface area (Å²) in [6.45, 7) is 2.91. The lowest BCUT2D eigenvalue weighted by Crippen LogP contribution is -2.45. The van der Waals surface area contributed by atoms with Crippen LogP contribution < -0.4 is 10.6 Å². The Hall–Kier alpha value is -1.71. The van der Waals surface area contributed by atoms with Crippen molar-refractivity contribution in [3.63, 3.8) is 0 Å². The molecule has 1 aromatic rings. The predicted molar refractivity (Wildman–Crippen MR) is 65.0 cm³/mol. The molecule has 1 aliphatic heterocycles. The number of nitrogens with two attached hydrogens (primary N) is 1. The molecule has 1 atom stereocenters. The molecule has 0 radical (unpaired) electrons. The van der Waals surface area contributed by atoms with Crippen molar-refractivity contribution >= 4 is 11.5 Å². The van der Waals surface area contributed by atoms with E-state index in [1.165, 1.54) is 11.3 Å². The van der Waals surface area contributed by atoms with Crippen LogP contribution in [-0.2, 0) is 6.42 Å². The van der Waals surface area contributed by atoms with Gasteiger partial charge < -0.3 is 15.8 Å². The number of para-hydroxylation sites is 1. The molecule has 16 heavy (non-hydrogen) atoms. The van der Waals surface area contributed by atoms with E-state index in [4.69, 9.17) is 10.9 Å². The normalized spacial score (nSPS) is 18.1. The summed E-state index contributed by atoms with van der Waals surface area (Å²) in [4.78, 5) is 2.19. The zero-order valence-corrected chi connectivity index (χ0v) is 9.43. The second-order valence-electron chi connectivity index (χ2n) is 4.13. The van der Waals surface area contributed by atoms with Gasteiger partial charge in [-0.25, -0.2) is 0 Å². The molecular formula is C12H17N3O. The highest BCUT2D eigenvalue weighted by Gasteiger charge is 2.23. The van der Waals surface area contributed by atoms with E-state index in [-0.39, 0.29) is 11.9 Å². The number of nitrogens with zero attached hydrogens (tertiary/aromatic N) is 2. The first-order valence-corrected chi connectivity index (χ1v) is 5.56. The summed E-state index contributed by atoms with van der Waals surface area (Å²) in [6, 6.07) is 8.24. The molecule has 1 aliphatic rings. The Bertz CT molecular complexity index is 403. The number of fused-ring (bicyclic) bond motifs is 1. The molecule has 0 amide bonds. The Kier molecular flexibility index (Phi) is 2.99. The van der Waals surface area contributed by atoms with Crippen molar-refractivity contribution in [3.05, 3.63) is 29.8 Å². The van der Waals surface area contributed by atoms with E-state index in [2.05, 4.69) is 28.3 Å². The quantitative estimate of drug-likeness (QED) is 0.343. The van der Waals surface area contributed by atoms with Gasteiger partial charge in [0.15, 0.2) is 5.84 Å². The van der Waals surface area contributed by atoms with Gasteiger partial charge >= 0.3 is 0 Å². The first kappa shape index (κ1) is 10.8. The van der Waals surface area contributed by atoms with Gasteiger partial charge in [-0.15, -0.1) is 0 Å². The second kappa shape index (κ2) is 4.43. The van der Waals surface area contributed by atoms with Crippen molar-refractivity contribution in [1.29, 1.82) is 0 Å². The Morgan fingerprint density at radius 2 is 2.25 bits per heavy atom. The van der Waals surface area contributed by atoms with Crippen LogP contribution in [0.4, 0.5) is 5.69 Å². The molecule has 4 heteroatoms. The van der Waals surface area contributed by atoms with Crippen molar-refractivity contribution in [2.45, 2.75) is 25.8 Å². The van der Waals surface area contributed by atoms with E-state index in [0.29, 0.717) is 0 Å². The van der Waals surface area contributed by atoms with Crippen LogP contribution >= 0.6 is 0 Å². The average molecular weight is 219 g/mol. The molecule has 0 aliphatic carbocycles. The van der Waals surface area contributed by atoms with Crippen LogP contribution in [0.5, 0.6) is 0 Å². The highest BCUT2D eigenvalue weighted by Crippen LogP contribution is 2.28. The molecule has 0 aromatic heterocycles.